The van der Waals surface area contributed by atoms with Crippen molar-refractivity contribution < 1.29 is 9.90 Å². The van der Waals surface area contributed by atoms with Crippen LogP contribution in [0, 0.1) is 6.92 Å². The third kappa shape index (κ3) is 3.05. The SMILES string of the molecule is Cc1ccc(C(c2ccc(Cl)s2)N2CCCC2C(=O)O)cc1. The van der Waals surface area contributed by atoms with Gasteiger partial charge in [-0.1, -0.05) is 41.4 Å². The monoisotopic (exact) mass is 335 g/mol. The molecule has 2 aromatic rings. The topological polar surface area (TPSA) is 40.5 Å². The van der Waals surface area contributed by atoms with Crippen molar-refractivity contribution in [1.29, 1.82) is 0 Å². The maximum absolute atomic E-state index is 11.6. The zero-order chi connectivity index (χ0) is 15.7. The zero-order valence-corrected chi connectivity index (χ0v) is 13.9. The number of aryl methyl sites for hydroxylation is 1. The van der Waals surface area contributed by atoms with Gasteiger partial charge in [0.15, 0.2) is 0 Å². The first-order chi connectivity index (χ1) is 10.6. The summed E-state index contributed by atoms with van der Waals surface area (Å²) in [6, 6.07) is 11.8. The lowest BCUT2D eigenvalue weighted by Gasteiger charge is -2.31. The van der Waals surface area contributed by atoms with Crippen molar-refractivity contribution in [2.45, 2.75) is 31.8 Å². The Balaban J connectivity index is 2.03. The van der Waals surface area contributed by atoms with Crippen molar-refractivity contribution in [1.82, 2.24) is 4.90 Å². The number of carboxylic acids is 1. The van der Waals surface area contributed by atoms with E-state index in [1.165, 1.54) is 16.9 Å². The molecule has 1 aromatic heterocycles. The fourth-order valence-corrected chi connectivity index (χ4v) is 4.32. The summed E-state index contributed by atoms with van der Waals surface area (Å²) in [5.41, 5.74) is 2.32. The van der Waals surface area contributed by atoms with Gasteiger partial charge >= 0.3 is 5.97 Å². The molecule has 1 aromatic carbocycles. The van der Waals surface area contributed by atoms with Gasteiger partial charge in [-0.2, -0.15) is 0 Å². The molecule has 1 N–H and O–H groups in total. The molecule has 0 saturated carbocycles. The molecule has 0 spiro atoms. The highest BCUT2D eigenvalue weighted by Crippen LogP contribution is 2.39. The molecule has 1 fully saturated rings. The van der Waals surface area contributed by atoms with E-state index >= 15 is 0 Å². The summed E-state index contributed by atoms with van der Waals surface area (Å²) in [6.45, 7) is 2.85. The molecule has 0 bridgehead atoms. The molecule has 1 aliphatic heterocycles. The number of benzene rings is 1. The van der Waals surface area contributed by atoms with Crippen LogP contribution in [0.25, 0.3) is 0 Å². The third-order valence-corrected chi connectivity index (χ3v) is 5.45. The summed E-state index contributed by atoms with van der Waals surface area (Å²) in [7, 11) is 0. The quantitative estimate of drug-likeness (QED) is 0.903. The fourth-order valence-electron chi connectivity index (χ4n) is 3.11. The Labute approximate surface area is 139 Å². The van der Waals surface area contributed by atoms with Crippen molar-refractivity contribution in [3.63, 3.8) is 0 Å². The predicted octanol–water partition coefficient (Wildman–Crippen LogP) is 4.35. The van der Waals surface area contributed by atoms with Gasteiger partial charge in [0.25, 0.3) is 0 Å². The van der Waals surface area contributed by atoms with Crippen LogP contribution in [-0.2, 0) is 4.79 Å². The molecule has 3 nitrogen and oxygen atoms in total. The first-order valence-electron chi connectivity index (χ1n) is 7.36. The largest absolute Gasteiger partial charge is 0.480 e. The molecule has 22 heavy (non-hydrogen) atoms. The smallest absolute Gasteiger partial charge is 0.320 e. The van der Waals surface area contributed by atoms with E-state index in [0.29, 0.717) is 6.42 Å². The van der Waals surface area contributed by atoms with E-state index < -0.39 is 12.0 Å². The Morgan fingerprint density at radius 2 is 2.05 bits per heavy atom. The minimum Gasteiger partial charge on any atom is -0.480 e. The number of rotatable bonds is 4. The zero-order valence-electron chi connectivity index (χ0n) is 12.3. The average Bonchev–Trinajstić information content (AvgIpc) is 3.11. The summed E-state index contributed by atoms with van der Waals surface area (Å²) in [6.07, 6.45) is 1.62. The first kappa shape index (κ1) is 15.5. The number of aliphatic carboxylic acids is 1. The number of carbonyl (C=O) groups is 1. The first-order valence-corrected chi connectivity index (χ1v) is 8.56. The normalized spacial score (nSPS) is 20.2. The summed E-state index contributed by atoms with van der Waals surface area (Å²) >= 11 is 7.63. The Morgan fingerprint density at radius 1 is 1.32 bits per heavy atom. The van der Waals surface area contributed by atoms with Crippen molar-refractivity contribution in [3.8, 4) is 0 Å². The summed E-state index contributed by atoms with van der Waals surface area (Å²) in [4.78, 5) is 14.8. The summed E-state index contributed by atoms with van der Waals surface area (Å²) in [5.74, 6) is -0.739. The van der Waals surface area contributed by atoms with E-state index in [0.717, 1.165) is 27.7 Å². The minimum atomic E-state index is -0.739. The average molecular weight is 336 g/mol. The van der Waals surface area contributed by atoms with Gasteiger partial charge in [0, 0.05) is 11.4 Å². The number of halogens is 1. The molecule has 2 atom stereocenters. The maximum Gasteiger partial charge on any atom is 0.320 e. The van der Waals surface area contributed by atoms with Gasteiger partial charge in [-0.25, -0.2) is 0 Å². The molecule has 116 valence electrons. The second kappa shape index (κ2) is 6.41. The number of likely N-dealkylation sites (tertiary alicyclic amines) is 1. The van der Waals surface area contributed by atoms with Crippen LogP contribution in [0.15, 0.2) is 36.4 Å². The van der Waals surface area contributed by atoms with E-state index in [1.807, 2.05) is 12.1 Å². The Morgan fingerprint density at radius 3 is 2.64 bits per heavy atom. The molecule has 0 radical (unpaired) electrons. The number of carboxylic acid groups (broad SMARTS) is 1. The molecule has 2 heterocycles. The number of hydrogen-bond acceptors (Lipinski definition) is 3. The van der Waals surface area contributed by atoms with Crippen LogP contribution in [-0.4, -0.2) is 28.6 Å². The molecule has 1 aliphatic rings. The van der Waals surface area contributed by atoms with Crippen molar-refractivity contribution in [2.75, 3.05) is 6.54 Å². The minimum absolute atomic E-state index is 0.0401. The van der Waals surface area contributed by atoms with Crippen LogP contribution < -0.4 is 0 Å². The summed E-state index contributed by atoms with van der Waals surface area (Å²) < 4.78 is 0.734. The van der Waals surface area contributed by atoms with Crippen LogP contribution in [0.3, 0.4) is 0 Å². The standard InChI is InChI=1S/C17H18ClNO2S/c1-11-4-6-12(7-5-11)16(14-8-9-15(18)22-14)19-10-2-3-13(19)17(20)21/h4-9,13,16H,2-3,10H2,1H3,(H,20,21). The van der Waals surface area contributed by atoms with Crippen LogP contribution in [0.4, 0.5) is 0 Å². The second-order valence-corrected chi connectivity index (χ2v) is 7.44. The van der Waals surface area contributed by atoms with Crippen molar-refractivity contribution >= 4 is 28.9 Å². The van der Waals surface area contributed by atoms with Gasteiger partial charge in [0.2, 0.25) is 0 Å². The van der Waals surface area contributed by atoms with Crippen LogP contribution in [0.1, 0.15) is 34.9 Å². The Hall–Kier alpha value is -1.36. The molecule has 0 amide bonds. The number of hydrogen-bond donors (Lipinski definition) is 1. The highest BCUT2D eigenvalue weighted by molar-refractivity contribution is 7.16. The van der Waals surface area contributed by atoms with Gasteiger partial charge in [-0.05, 0) is 37.5 Å². The Bertz CT molecular complexity index is 668. The molecule has 1 saturated heterocycles. The third-order valence-electron chi connectivity index (χ3n) is 4.17. The van der Waals surface area contributed by atoms with Gasteiger partial charge in [-0.3, -0.25) is 9.69 Å². The van der Waals surface area contributed by atoms with Crippen molar-refractivity contribution in [2.24, 2.45) is 0 Å². The molecule has 3 rings (SSSR count). The summed E-state index contributed by atoms with van der Waals surface area (Å²) in [5, 5.41) is 9.51. The fraction of sp³-hybridized carbons (Fsp3) is 0.353. The highest BCUT2D eigenvalue weighted by Gasteiger charge is 2.37. The van der Waals surface area contributed by atoms with Crippen LogP contribution >= 0.6 is 22.9 Å². The molecule has 0 aliphatic carbocycles. The van der Waals surface area contributed by atoms with E-state index in [2.05, 4.69) is 36.1 Å². The number of nitrogens with zero attached hydrogens (tertiary/aromatic N) is 1. The predicted molar refractivity (Wildman–Crippen MR) is 89.7 cm³/mol. The van der Waals surface area contributed by atoms with E-state index in [-0.39, 0.29) is 6.04 Å². The van der Waals surface area contributed by atoms with E-state index in [4.69, 9.17) is 11.6 Å². The lowest BCUT2D eigenvalue weighted by atomic mass is 10.0. The Kier molecular flexibility index (Phi) is 4.52. The lowest BCUT2D eigenvalue weighted by molar-refractivity contribution is -0.142. The lowest BCUT2D eigenvalue weighted by Crippen LogP contribution is -2.38. The molecular weight excluding hydrogens is 318 g/mol. The second-order valence-electron chi connectivity index (χ2n) is 5.69. The highest BCUT2D eigenvalue weighted by atomic mass is 35.5. The van der Waals surface area contributed by atoms with Gasteiger partial charge < -0.3 is 5.11 Å². The van der Waals surface area contributed by atoms with Gasteiger partial charge in [0.1, 0.15) is 6.04 Å². The van der Waals surface area contributed by atoms with Crippen LogP contribution in [0.2, 0.25) is 4.34 Å². The van der Waals surface area contributed by atoms with E-state index in [9.17, 15) is 9.90 Å². The van der Waals surface area contributed by atoms with Gasteiger partial charge in [-0.15, -0.1) is 11.3 Å². The number of thiophene rings is 1. The molecule has 2 unspecified atom stereocenters. The molecule has 5 heteroatoms. The van der Waals surface area contributed by atoms with Crippen LogP contribution in [0.5, 0.6) is 0 Å². The maximum atomic E-state index is 11.6. The van der Waals surface area contributed by atoms with Gasteiger partial charge in [0.05, 0.1) is 10.4 Å². The van der Waals surface area contributed by atoms with Crippen molar-refractivity contribution in [3.05, 3.63) is 56.7 Å². The molecular formula is C17H18ClNO2S. The van der Waals surface area contributed by atoms with E-state index in [1.54, 1.807) is 0 Å².